The maximum absolute atomic E-state index is 13.2. The van der Waals surface area contributed by atoms with E-state index < -0.39 is 0 Å². The Hall–Kier alpha value is -3.58. The molecule has 4 aromatic rings. The number of anilines is 1. The second kappa shape index (κ2) is 8.88. The molecule has 0 radical (unpaired) electrons. The van der Waals surface area contributed by atoms with Crippen LogP contribution in [0.2, 0.25) is 0 Å². The van der Waals surface area contributed by atoms with Crippen LogP contribution in [0.3, 0.4) is 0 Å². The van der Waals surface area contributed by atoms with Crippen molar-refractivity contribution in [3.05, 3.63) is 84.7 Å². The Bertz CT molecular complexity index is 1200. The van der Waals surface area contributed by atoms with Gasteiger partial charge in [0.25, 0.3) is 0 Å². The van der Waals surface area contributed by atoms with Crippen LogP contribution < -0.4 is 9.64 Å². The molecule has 0 bridgehead atoms. The van der Waals surface area contributed by atoms with Crippen LogP contribution in [0.4, 0.5) is 10.2 Å². The van der Waals surface area contributed by atoms with Crippen molar-refractivity contribution in [2.75, 3.05) is 31.1 Å². The van der Waals surface area contributed by atoms with Crippen molar-refractivity contribution in [3.8, 4) is 11.6 Å². The van der Waals surface area contributed by atoms with Gasteiger partial charge in [0.15, 0.2) is 5.75 Å². The quantitative estimate of drug-likeness (QED) is 0.453. The minimum absolute atomic E-state index is 0.202. The highest BCUT2D eigenvalue weighted by molar-refractivity contribution is 5.87. The van der Waals surface area contributed by atoms with Gasteiger partial charge in [0.05, 0.1) is 6.20 Å². The number of benzene rings is 2. The van der Waals surface area contributed by atoms with Crippen molar-refractivity contribution in [2.24, 2.45) is 0 Å². The summed E-state index contributed by atoms with van der Waals surface area (Å²) in [6.07, 6.45) is 5.07. The van der Waals surface area contributed by atoms with Gasteiger partial charge in [-0.2, -0.15) is 0 Å². The molecule has 0 aliphatic carbocycles. The summed E-state index contributed by atoms with van der Waals surface area (Å²) in [5, 5.41) is 2.01. The molecule has 1 saturated heterocycles. The molecule has 2 aromatic carbocycles. The molecule has 0 N–H and O–H groups in total. The second-order valence-corrected chi connectivity index (χ2v) is 7.93. The zero-order valence-corrected chi connectivity index (χ0v) is 17.9. The van der Waals surface area contributed by atoms with Crippen LogP contribution in [-0.4, -0.2) is 46.0 Å². The lowest BCUT2D eigenvalue weighted by Gasteiger charge is -2.38. The van der Waals surface area contributed by atoms with Crippen LogP contribution in [0.5, 0.6) is 11.6 Å². The molecule has 7 heteroatoms. The van der Waals surface area contributed by atoms with Gasteiger partial charge in [-0.25, -0.2) is 14.4 Å². The maximum Gasteiger partial charge on any atom is 0.224 e. The summed E-state index contributed by atoms with van der Waals surface area (Å²) in [5.41, 5.74) is 1.13. The molecule has 0 saturated carbocycles. The summed E-state index contributed by atoms with van der Waals surface area (Å²) in [4.78, 5) is 17.7. The lowest BCUT2D eigenvalue weighted by molar-refractivity contribution is 0.198. The molecule has 1 unspecified atom stereocenters. The SMILES string of the molecule is CC(c1ccc(F)cc1)N1CCN(c2cc(Oc3cncc4ccccc34)ncn2)CC1. The molecule has 2 aromatic heterocycles. The summed E-state index contributed by atoms with van der Waals surface area (Å²) < 4.78 is 19.3. The van der Waals surface area contributed by atoms with Crippen molar-refractivity contribution in [2.45, 2.75) is 13.0 Å². The molecule has 6 nitrogen and oxygen atoms in total. The first-order valence-electron chi connectivity index (χ1n) is 10.7. The third-order valence-electron chi connectivity index (χ3n) is 6.01. The molecule has 0 amide bonds. The van der Waals surface area contributed by atoms with Gasteiger partial charge in [0.1, 0.15) is 18.0 Å². The van der Waals surface area contributed by atoms with Crippen molar-refractivity contribution in [1.29, 1.82) is 0 Å². The van der Waals surface area contributed by atoms with E-state index in [2.05, 4.69) is 31.7 Å². The van der Waals surface area contributed by atoms with E-state index >= 15 is 0 Å². The summed E-state index contributed by atoms with van der Waals surface area (Å²) in [6, 6.07) is 16.9. The second-order valence-electron chi connectivity index (χ2n) is 7.93. The highest BCUT2D eigenvalue weighted by Crippen LogP contribution is 2.29. The molecule has 32 heavy (non-hydrogen) atoms. The maximum atomic E-state index is 13.2. The fourth-order valence-electron chi connectivity index (χ4n) is 4.13. The summed E-state index contributed by atoms with van der Waals surface area (Å²) >= 11 is 0. The van der Waals surface area contributed by atoms with Crippen molar-refractivity contribution < 1.29 is 9.13 Å². The van der Waals surface area contributed by atoms with Gasteiger partial charge in [-0.1, -0.05) is 36.4 Å². The number of aromatic nitrogens is 3. The zero-order valence-electron chi connectivity index (χ0n) is 17.9. The Morgan fingerprint density at radius 1 is 0.938 bits per heavy atom. The average Bonchev–Trinajstić information content (AvgIpc) is 2.85. The third-order valence-corrected chi connectivity index (χ3v) is 6.01. The monoisotopic (exact) mass is 429 g/mol. The van der Waals surface area contributed by atoms with Gasteiger partial charge < -0.3 is 9.64 Å². The van der Waals surface area contributed by atoms with E-state index in [0.717, 1.165) is 48.3 Å². The van der Waals surface area contributed by atoms with Gasteiger partial charge in [-0.15, -0.1) is 0 Å². The Kier molecular flexibility index (Phi) is 5.64. The number of nitrogens with zero attached hydrogens (tertiary/aromatic N) is 5. The normalized spacial score (nSPS) is 15.6. The number of rotatable bonds is 5. The van der Waals surface area contributed by atoms with Crippen molar-refractivity contribution in [3.63, 3.8) is 0 Å². The van der Waals surface area contributed by atoms with Crippen LogP contribution in [-0.2, 0) is 0 Å². The fraction of sp³-hybridized carbons (Fsp3) is 0.240. The van der Waals surface area contributed by atoms with Gasteiger partial charge in [0.2, 0.25) is 5.88 Å². The largest absolute Gasteiger partial charge is 0.437 e. The molecule has 1 aliphatic rings. The number of halogens is 1. The van der Waals surface area contributed by atoms with E-state index in [4.69, 9.17) is 4.74 Å². The van der Waals surface area contributed by atoms with E-state index in [1.54, 1.807) is 6.20 Å². The fourth-order valence-corrected chi connectivity index (χ4v) is 4.13. The predicted molar refractivity (Wildman–Crippen MR) is 122 cm³/mol. The van der Waals surface area contributed by atoms with Crippen LogP contribution in [0.1, 0.15) is 18.5 Å². The number of piperazine rings is 1. The Balaban J connectivity index is 1.27. The number of hydrogen-bond donors (Lipinski definition) is 0. The number of pyridine rings is 1. The Morgan fingerprint density at radius 2 is 1.72 bits per heavy atom. The van der Waals surface area contributed by atoms with E-state index in [-0.39, 0.29) is 11.9 Å². The Morgan fingerprint density at radius 3 is 2.53 bits per heavy atom. The number of hydrogen-bond acceptors (Lipinski definition) is 6. The minimum atomic E-state index is -0.202. The lowest BCUT2D eigenvalue weighted by atomic mass is 10.1. The molecule has 1 atom stereocenters. The Labute approximate surface area is 186 Å². The summed E-state index contributed by atoms with van der Waals surface area (Å²) in [6.45, 7) is 5.64. The van der Waals surface area contributed by atoms with E-state index in [1.807, 2.05) is 48.7 Å². The van der Waals surface area contributed by atoms with Crippen LogP contribution in [0.15, 0.2) is 73.3 Å². The summed E-state index contributed by atoms with van der Waals surface area (Å²) in [5.74, 6) is 1.81. The molecule has 5 rings (SSSR count). The molecule has 3 heterocycles. The van der Waals surface area contributed by atoms with Gasteiger partial charge >= 0.3 is 0 Å². The van der Waals surface area contributed by atoms with E-state index in [9.17, 15) is 4.39 Å². The third kappa shape index (κ3) is 4.24. The zero-order chi connectivity index (χ0) is 21.9. The smallest absolute Gasteiger partial charge is 0.224 e. The van der Waals surface area contributed by atoms with Crippen molar-refractivity contribution >= 4 is 16.6 Å². The molecule has 0 spiro atoms. The van der Waals surface area contributed by atoms with Crippen LogP contribution in [0.25, 0.3) is 10.8 Å². The van der Waals surface area contributed by atoms with Gasteiger partial charge in [-0.3, -0.25) is 9.88 Å². The first kappa shape index (κ1) is 20.3. The van der Waals surface area contributed by atoms with Crippen LogP contribution in [0, 0.1) is 5.82 Å². The molecule has 1 fully saturated rings. The van der Waals surface area contributed by atoms with Crippen LogP contribution >= 0.6 is 0 Å². The molecular formula is C25H24FN5O. The highest BCUT2D eigenvalue weighted by Gasteiger charge is 2.23. The van der Waals surface area contributed by atoms with E-state index in [1.165, 1.54) is 18.5 Å². The lowest BCUT2D eigenvalue weighted by Crippen LogP contribution is -2.47. The molecule has 1 aliphatic heterocycles. The average molecular weight is 429 g/mol. The topological polar surface area (TPSA) is 54.4 Å². The highest BCUT2D eigenvalue weighted by atomic mass is 19.1. The minimum Gasteiger partial charge on any atom is -0.437 e. The van der Waals surface area contributed by atoms with Gasteiger partial charge in [0, 0.05) is 55.3 Å². The number of fused-ring (bicyclic) bond motifs is 1. The first-order valence-corrected chi connectivity index (χ1v) is 10.7. The predicted octanol–water partition coefficient (Wildman–Crippen LogP) is 4.84. The van der Waals surface area contributed by atoms with Gasteiger partial charge in [-0.05, 0) is 24.6 Å². The molecular weight excluding hydrogens is 405 g/mol. The summed E-state index contributed by atoms with van der Waals surface area (Å²) in [7, 11) is 0. The molecule has 162 valence electrons. The first-order chi connectivity index (χ1) is 15.7. The standard InChI is InChI=1S/C25H24FN5O/c1-18(19-6-8-21(26)9-7-19)30-10-12-31(13-11-30)24-14-25(29-17-28-24)32-23-16-27-15-20-4-2-3-5-22(20)23/h2-9,14-18H,10-13H2,1H3. The van der Waals surface area contributed by atoms with Crippen molar-refractivity contribution in [1.82, 2.24) is 19.9 Å². The number of ether oxygens (including phenoxy) is 1. The van der Waals surface area contributed by atoms with E-state index in [0.29, 0.717) is 11.6 Å².